The normalized spacial score (nSPS) is 12.4. The van der Waals surface area contributed by atoms with E-state index in [2.05, 4.69) is 9.28 Å². The first kappa shape index (κ1) is 17.0. The number of primary amides is 1. The fourth-order valence-electron chi connectivity index (χ4n) is 1.00. The number of halogens is 4. The first-order valence-corrected chi connectivity index (χ1v) is 6.70. The monoisotopic (exact) mass is 345 g/mol. The maximum atomic E-state index is 12.1. The average Bonchev–Trinajstić information content (AvgIpc) is 2.30. The topological polar surface area (TPSA) is 111 Å². The number of carbonyl (C=O) groups is 1. The Morgan fingerprint density at radius 1 is 1.43 bits per heavy atom. The van der Waals surface area contributed by atoms with Gasteiger partial charge < -0.3 is 9.92 Å². The van der Waals surface area contributed by atoms with Crippen molar-refractivity contribution < 1.29 is 30.6 Å². The molecule has 0 unspecified atom stereocenters. The van der Waals surface area contributed by atoms with E-state index >= 15 is 0 Å². The van der Waals surface area contributed by atoms with Crippen LogP contribution in [0, 0.1) is 0 Å². The molecule has 0 saturated heterocycles. The van der Waals surface area contributed by atoms with Gasteiger partial charge in [-0.2, -0.15) is 26.7 Å². The molecule has 0 spiro atoms. The van der Waals surface area contributed by atoms with Crippen molar-refractivity contribution in [2.45, 2.75) is 5.51 Å². The number of hydrogen-bond donors (Lipinski definition) is 2. The molecule has 1 aromatic rings. The molecule has 0 saturated carbocycles. The third-order valence-corrected chi connectivity index (χ3v) is 3.09. The standard InChI is InChI=1S/C9H7ClF3N3O4S/c10-6-3-5(4-15-16-8(14)17)1-2-7(6)20-21(18,19)9(11,12)13/h1-4H,(H3,14,16,17). The Balaban J connectivity index is 2.94. The first-order valence-electron chi connectivity index (χ1n) is 4.92. The summed E-state index contributed by atoms with van der Waals surface area (Å²) in [5.74, 6) is -0.700. The lowest BCUT2D eigenvalue weighted by Gasteiger charge is -2.10. The van der Waals surface area contributed by atoms with Crippen LogP contribution in [0.2, 0.25) is 5.02 Å². The molecule has 7 nitrogen and oxygen atoms in total. The van der Waals surface area contributed by atoms with Crippen molar-refractivity contribution in [3.8, 4) is 5.75 Å². The van der Waals surface area contributed by atoms with Crippen LogP contribution < -0.4 is 15.3 Å². The Bertz CT molecular complexity index is 675. The van der Waals surface area contributed by atoms with E-state index in [-0.39, 0.29) is 5.56 Å². The minimum absolute atomic E-state index is 0.255. The van der Waals surface area contributed by atoms with Crippen LogP contribution in [-0.2, 0) is 10.1 Å². The number of hydrogen-bond acceptors (Lipinski definition) is 5. The van der Waals surface area contributed by atoms with Gasteiger partial charge in [0.15, 0.2) is 5.75 Å². The molecule has 12 heteroatoms. The summed E-state index contributed by atoms with van der Waals surface area (Å²) in [7, 11) is -5.81. The van der Waals surface area contributed by atoms with E-state index in [0.717, 1.165) is 18.3 Å². The van der Waals surface area contributed by atoms with Crippen LogP contribution in [0.5, 0.6) is 5.75 Å². The molecule has 0 heterocycles. The van der Waals surface area contributed by atoms with Gasteiger partial charge in [-0.1, -0.05) is 11.6 Å². The van der Waals surface area contributed by atoms with Gasteiger partial charge in [0.05, 0.1) is 11.2 Å². The minimum Gasteiger partial charge on any atom is -0.374 e. The zero-order valence-electron chi connectivity index (χ0n) is 9.89. The summed E-state index contributed by atoms with van der Waals surface area (Å²) in [5, 5.41) is 2.98. The first-order chi connectivity index (χ1) is 9.53. The number of urea groups is 1. The number of nitrogens with zero attached hydrogens (tertiary/aromatic N) is 1. The molecule has 3 N–H and O–H groups in total. The van der Waals surface area contributed by atoms with Crippen molar-refractivity contribution in [2.24, 2.45) is 10.8 Å². The van der Waals surface area contributed by atoms with Gasteiger partial charge >= 0.3 is 21.7 Å². The van der Waals surface area contributed by atoms with Crippen LogP contribution in [0.15, 0.2) is 23.3 Å². The fourth-order valence-corrected chi connectivity index (χ4v) is 1.75. The van der Waals surface area contributed by atoms with Crippen molar-refractivity contribution in [3.05, 3.63) is 28.8 Å². The molecule has 0 aliphatic carbocycles. The molecule has 0 aliphatic heterocycles. The van der Waals surface area contributed by atoms with Crippen LogP contribution in [0.1, 0.15) is 5.56 Å². The van der Waals surface area contributed by atoms with Gasteiger partial charge in [-0.25, -0.2) is 10.2 Å². The number of nitrogens with two attached hydrogens (primary N) is 1. The molecule has 1 aromatic carbocycles. The summed E-state index contributed by atoms with van der Waals surface area (Å²) < 4.78 is 61.9. The fraction of sp³-hybridized carbons (Fsp3) is 0.111. The molecule has 116 valence electrons. The maximum absolute atomic E-state index is 12.1. The highest BCUT2D eigenvalue weighted by Gasteiger charge is 2.48. The Hall–Kier alpha value is -2.01. The second kappa shape index (κ2) is 6.18. The van der Waals surface area contributed by atoms with E-state index < -0.39 is 32.4 Å². The number of benzene rings is 1. The summed E-state index contributed by atoms with van der Waals surface area (Å²) >= 11 is 5.60. The predicted octanol–water partition coefficient (Wildman–Crippen LogP) is 1.57. The van der Waals surface area contributed by atoms with Crippen LogP contribution >= 0.6 is 11.6 Å². The van der Waals surface area contributed by atoms with Crippen molar-refractivity contribution in [1.29, 1.82) is 0 Å². The molecular weight excluding hydrogens is 339 g/mol. The number of amides is 2. The van der Waals surface area contributed by atoms with Crippen molar-refractivity contribution in [1.82, 2.24) is 5.43 Å². The van der Waals surface area contributed by atoms with Crippen LogP contribution in [0.3, 0.4) is 0 Å². The van der Waals surface area contributed by atoms with E-state index in [1.807, 2.05) is 5.43 Å². The Kier molecular flexibility index (Phi) is 5.01. The van der Waals surface area contributed by atoms with Gasteiger partial charge in [-0.3, -0.25) is 0 Å². The second-order valence-electron chi connectivity index (χ2n) is 3.41. The van der Waals surface area contributed by atoms with E-state index in [4.69, 9.17) is 17.3 Å². The molecule has 0 aliphatic rings. The average molecular weight is 346 g/mol. The molecule has 0 atom stereocenters. The van der Waals surface area contributed by atoms with Gasteiger partial charge in [0, 0.05) is 0 Å². The molecule has 21 heavy (non-hydrogen) atoms. The molecule has 2 amide bonds. The predicted molar refractivity (Wildman–Crippen MR) is 67.4 cm³/mol. The lowest BCUT2D eigenvalue weighted by molar-refractivity contribution is -0.0500. The van der Waals surface area contributed by atoms with Crippen molar-refractivity contribution in [3.63, 3.8) is 0 Å². The second-order valence-corrected chi connectivity index (χ2v) is 5.35. The van der Waals surface area contributed by atoms with Crippen molar-refractivity contribution >= 4 is 34.0 Å². The highest BCUT2D eigenvalue weighted by atomic mass is 35.5. The van der Waals surface area contributed by atoms with Gasteiger partial charge in [0.25, 0.3) is 0 Å². The summed E-state index contributed by atoms with van der Waals surface area (Å²) in [6.45, 7) is 0. The Morgan fingerprint density at radius 2 is 2.05 bits per heavy atom. The van der Waals surface area contributed by atoms with Gasteiger partial charge in [0.1, 0.15) is 0 Å². The molecule has 1 rings (SSSR count). The van der Waals surface area contributed by atoms with Crippen molar-refractivity contribution in [2.75, 3.05) is 0 Å². The Labute approximate surface area is 121 Å². The van der Waals surface area contributed by atoms with Gasteiger partial charge in [-0.05, 0) is 23.8 Å². The summed E-state index contributed by atoms with van der Waals surface area (Å²) in [6, 6.07) is 2.22. The smallest absolute Gasteiger partial charge is 0.374 e. The number of rotatable bonds is 4. The number of alkyl halides is 3. The van der Waals surface area contributed by atoms with Gasteiger partial charge in [0.2, 0.25) is 0 Å². The van der Waals surface area contributed by atoms with Crippen LogP contribution in [0.25, 0.3) is 0 Å². The highest BCUT2D eigenvalue weighted by molar-refractivity contribution is 7.88. The summed E-state index contributed by atoms with van der Waals surface area (Å²) in [6.07, 6.45) is 1.08. The third-order valence-electron chi connectivity index (χ3n) is 1.83. The molecule has 0 fully saturated rings. The zero-order chi connectivity index (χ0) is 16.3. The van der Waals surface area contributed by atoms with E-state index in [1.165, 1.54) is 6.07 Å². The van der Waals surface area contributed by atoms with E-state index in [9.17, 15) is 26.4 Å². The lowest BCUT2D eigenvalue weighted by atomic mass is 10.2. The Morgan fingerprint density at radius 3 is 2.52 bits per heavy atom. The van der Waals surface area contributed by atoms with Crippen LogP contribution in [-0.4, -0.2) is 26.2 Å². The minimum atomic E-state index is -5.81. The molecule has 0 radical (unpaired) electrons. The lowest BCUT2D eigenvalue weighted by Crippen LogP contribution is -2.28. The van der Waals surface area contributed by atoms with E-state index in [0.29, 0.717) is 0 Å². The molecule has 0 aromatic heterocycles. The summed E-state index contributed by atoms with van der Waals surface area (Å²) in [5.41, 5.74) is 1.30. The number of carbonyl (C=O) groups excluding carboxylic acids is 1. The highest BCUT2D eigenvalue weighted by Crippen LogP contribution is 2.31. The largest absolute Gasteiger partial charge is 0.534 e. The number of nitrogens with one attached hydrogen (secondary N) is 1. The molecular formula is C9H7ClF3N3O4S. The van der Waals surface area contributed by atoms with Crippen LogP contribution in [0.4, 0.5) is 18.0 Å². The summed E-state index contributed by atoms with van der Waals surface area (Å²) in [4.78, 5) is 10.3. The number of hydrazone groups is 1. The van der Waals surface area contributed by atoms with E-state index in [1.54, 1.807) is 0 Å². The zero-order valence-corrected chi connectivity index (χ0v) is 11.5. The molecule has 0 bridgehead atoms. The maximum Gasteiger partial charge on any atom is 0.534 e. The van der Waals surface area contributed by atoms with Gasteiger partial charge in [-0.15, -0.1) is 0 Å². The quantitative estimate of drug-likeness (QED) is 0.373. The third kappa shape index (κ3) is 4.79. The SMILES string of the molecule is NC(=O)NN=Cc1ccc(OS(=O)(=O)C(F)(F)F)c(Cl)c1.